The van der Waals surface area contributed by atoms with E-state index in [1.165, 1.54) is 12.1 Å². The first-order valence-corrected chi connectivity index (χ1v) is 6.88. The topological polar surface area (TPSA) is 78.4 Å². The third kappa shape index (κ3) is 3.42. The minimum absolute atomic E-state index is 0.0969. The van der Waals surface area contributed by atoms with E-state index in [1.807, 2.05) is 12.1 Å². The molecule has 0 aliphatic carbocycles. The van der Waals surface area contributed by atoms with Crippen LogP contribution in [-0.2, 0) is 5.75 Å². The van der Waals surface area contributed by atoms with Gasteiger partial charge in [0.1, 0.15) is 5.75 Å². The quantitative estimate of drug-likeness (QED) is 0.395. The van der Waals surface area contributed by atoms with Gasteiger partial charge in [0, 0.05) is 28.5 Å². The molecule has 0 heterocycles. The van der Waals surface area contributed by atoms with Crippen LogP contribution in [0, 0.1) is 10.1 Å². The summed E-state index contributed by atoms with van der Waals surface area (Å²) < 4.78 is 5.16. The standard InChI is InChI=1S/C14H14N2O3S/c1-19-12-6-7-13(15)14(8-12)20-9-10-2-4-11(5-3-10)16(17)18/h2-8H,9,15H2,1H3. The number of non-ortho nitro benzene ring substituents is 1. The molecular weight excluding hydrogens is 276 g/mol. The Kier molecular flexibility index (Phi) is 4.47. The van der Waals surface area contributed by atoms with Gasteiger partial charge in [0.05, 0.1) is 12.0 Å². The van der Waals surface area contributed by atoms with Gasteiger partial charge in [-0.3, -0.25) is 10.1 Å². The lowest BCUT2D eigenvalue weighted by atomic mass is 10.2. The van der Waals surface area contributed by atoms with Gasteiger partial charge < -0.3 is 10.5 Å². The molecule has 0 amide bonds. The molecule has 0 aliphatic rings. The molecule has 0 bridgehead atoms. The zero-order valence-electron chi connectivity index (χ0n) is 10.9. The van der Waals surface area contributed by atoms with E-state index < -0.39 is 4.92 Å². The average molecular weight is 290 g/mol. The molecule has 2 rings (SSSR count). The van der Waals surface area contributed by atoms with Gasteiger partial charge in [-0.2, -0.15) is 0 Å². The molecule has 2 N–H and O–H groups in total. The largest absolute Gasteiger partial charge is 0.497 e. The van der Waals surface area contributed by atoms with Gasteiger partial charge in [0.15, 0.2) is 0 Å². The van der Waals surface area contributed by atoms with Crippen LogP contribution >= 0.6 is 11.8 Å². The first-order valence-electron chi connectivity index (χ1n) is 5.90. The Morgan fingerprint density at radius 3 is 2.55 bits per heavy atom. The molecular formula is C14H14N2O3S. The number of ether oxygens (including phenoxy) is 1. The predicted molar refractivity (Wildman–Crippen MR) is 80.1 cm³/mol. The van der Waals surface area contributed by atoms with Gasteiger partial charge in [0.2, 0.25) is 0 Å². The van der Waals surface area contributed by atoms with Crippen molar-refractivity contribution in [2.45, 2.75) is 10.6 Å². The minimum Gasteiger partial charge on any atom is -0.497 e. The second-order valence-corrected chi connectivity index (χ2v) is 5.13. The molecule has 2 aromatic rings. The number of anilines is 1. The number of nitro groups is 1. The summed E-state index contributed by atoms with van der Waals surface area (Å²) in [5, 5.41) is 10.6. The molecule has 0 unspecified atom stereocenters. The van der Waals surface area contributed by atoms with Crippen molar-refractivity contribution in [3.05, 3.63) is 58.1 Å². The van der Waals surface area contributed by atoms with Crippen molar-refractivity contribution in [2.24, 2.45) is 0 Å². The molecule has 0 radical (unpaired) electrons. The zero-order valence-corrected chi connectivity index (χ0v) is 11.7. The van der Waals surface area contributed by atoms with Crippen molar-refractivity contribution in [3.63, 3.8) is 0 Å². The van der Waals surface area contributed by atoms with E-state index in [4.69, 9.17) is 10.5 Å². The Bertz CT molecular complexity index is 614. The number of hydrogen-bond acceptors (Lipinski definition) is 5. The van der Waals surface area contributed by atoms with E-state index >= 15 is 0 Å². The van der Waals surface area contributed by atoms with E-state index in [0.717, 1.165) is 16.2 Å². The predicted octanol–water partition coefficient (Wildman–Crippen LogP) is 3.48. The summed E-state index contributed by atoms with van der Waals surface area (Å²) >= 11 is 1.57. The van der Waals surface area contributed by atoms with Crippen LogP contribution in [-0.4, -0.2) is 12.0 Å². The summed E-state index contributed by atoms with van der Waals surface area (Å²) in [6.45, 7) is 0. The molecule has 104 valence electrons. The number of benzene rings is 2. The number of rotatable bonds is 5. The Labute approximate surface area is 120 Å². The summed E-state index contributed by atoms with van der Waals surface area (Å²) in [5.41, 5.74) is 7.70. The third-order valence-corrected chi connectivity index (χ3v) is 3.90. The van der Waals surface area contributed by atoms with Gasteiger partial charge in [-0.05, 0) is 23.8 Å². The molecule has 0 aromatic heterocycles. The maximum absolute atomic E-state index is 10.6. The van der Waals surface area contributed by atoms with Crippen molar-refractivity contribution in [3.8, 4) is 5.75 Å². The fourth-order valence-corrected chi connectivity index (χ4v) is 2.59. The van der Waals surface area contributed by atoms with Crippen LogP contribution < -0.4 is 10.5 Å². The maximum atomic E-state index is 10.6. The van der Waals surface area contributed by atoms with Gasteiger partial charge >= 0.3 is 0 Å². The van der Waals surface area contributed by atoms with Crippen LogP contribution in [0.15, 0.2) is 47.4 Å². The molecule has 5 nitrogen and oxygen atoms in total. The van der Waals surface area contributed by atoms with Crippen LogP contribution in [0.3, 0.4) is 0 Å². The number of nitrogen functional groups attached to an aromatic ring is 1. The normalized spacial score (nSPS) is 10.2. The van der Waals surface area contributed by atoms with Crippen LogP contribution in [0.4, 0.5) is 11.4 Å². The highest BCUT2D eigenvalue weighted by Gasteiger charge is 2.06. The summed E-state index contributed by atoms with van der Waals surface area (Å²) in [7, 11) is 1.61. The van der Waals surface area contributed by atoms with E-state index in [1.54, 1.807) is 37.1 Å². The highest BCUT2D eigenvalue weighted by Crippen LogP contribution is 2.31. The van der Waals surface area contributed by atoms with Crippen molar-refractivity contribution in [1.29, 1.82) is 0 Å². The summed E-state index contributed by atoms with van der Waals surface area (Å²) in [6, 6.07) is 12.0. The molecule has 20 heavy (non-hydrogen) atoms. The van der Waals surface area contributed by atoms with Crippen LogP contribution in [0.25, 0.3) is 0 Å². The Hall–Kier alpha value is -2.21. The maximum Gasteiger partial charge on any atom is 0.269 e. The first kappa shape index (κ1) is 14.2. The Balaban J connectivity index is 2.06. The van der Waals surface area contributed by atoms with Gasteiger partial charge in [-0.15, -0.1) is 11.8 Å². The first-order chi connectivity index (χ1) is 9.60. The lowest BCUT2D eigenvalue weighted by Crippen LogP contribution is -1.91. The van der Waals surface area contributed by atoms with E-state index in [9.17, 15) is 10.1 Å². The van der Waals surface area contributed by atoms with E-state index in [2.05, 4.69) is 0 Å². The summed E-state index contributed by atoms with van der Waals surface area (Å²) in [6.07, 6.45) is 0. The van der Waals surface area contributed by atoms with Gasteiger partial charge in [0.25, 0.3) is 5.69 Å². The Morgan fingerprint density at radius 1 is 1.25 bits per heavy atom. The number of thioether (sulfide) groups is 1. The molecule has 0 atom stereocenters. The SMILES string of the molecule is COc1ccc(N)c(SCc2ccc([N+](=O)[O-])cc2)c1. The van der Waals surface area contributed by atoms with E-state index in [-0.39, 0.29) is 5.69 Å². The highest BCUT2D eigenvalue weighted by atomic mass is 32.2. The summed E-state index contributed by atoms with van der Waals surface area (Å²) in [5.74, 6) is 1.44. The molecule has 0 saturated carbocycles. The average Bonchev–Trinajstić information content (AvgIpc) is 2.47. The van der Waals surface area contributed by atoms with Crippen LogP contribution in [0.5, 0.6) is 5.75 Å². The number of nitro benzene ring substituents is 1. The fourth-order valence-electron chi connectivity index (χ4n) is 1.64. The molecule has 0 spiro atoms. The van der Waals surface area contributed by atoms with Crippen molar-refractivity contribution < 1.29 is 9.66 Å². The van der Waals surface area contributed by atoms with E-state index in [0.29, 0.717) is 11.4 Å². The summed E-state index contributed by atoms with van der Waals surface area (Å²) in [4.78, 5) is 11.1. The third-order valence-electron chi connectivity index (χ3n) is 2.76. The zero-order chi connectivity index (χ0) is 14.5. The molecule has 0 aliphatic heterocycles. The number of nitrogens with two attached hydrogens (primary N) is 1. The lowest BCUT2D eigenvalue weighted by molar-refractivity contribution is -0.384. The van der Waals surface area contributed by atoms with Crippen molar-refractivity contribution >= 4 is 23.1 Å². The number of hydrogen-bond donors (Lipinski definition) is 1. The molecule has 6 heteroatoms. The Morgan fingerprint density at radius 2 is 1.95 bits per heavy atom. The molecule has 0 fully saturated rings. The second-order valence-electron chi connectivity index (χ2n) is 4.12. The smallest absolute Gasteiger partial charge is 0.269 e. The van der Waals surface area contributed by atoms with Crippen LogP contribution in [0.2, 0.25) is 0 Å². The lowest BCUT2D eigenvalue weighted by Gasteiger charge is -2.07. The molecule has 0 saturated heterocycles. The highest BCUT2D eigenvalue weighted by molar-refractivity contribution is 7.98. The molecule has 2 aromatic carbocycles. The fraction of sp³-hybridized carbons (Fsp3) is 0.143. The minimum atomic E-state index is -0.406. The number of methoxy groups -OCH3 is 1. The van der Waals surface area contributed by atoms with Crippen LogP contribution in [0.1, 0.15) is 5.56 Å². The monoisotopic (exact) mass is 290 g/mol. The van der Waals surface area contributed by atoms with Gasteiger partial charge in [-0.25, -0.2) is 0 Å². The van der Waals surface area contributed by atoms with Crippen molar-refractivity contribution in [2.75, 3.05) is 12.8 Å². The number of nitrogens with zero attached hydrogens (tertiary/aromatic N) is 1. The second kappa shape index (κ2) is 6.29. The van der Waals surface area contributed by atoms with Gasteiger partial charge in [-0.1, -0.05) is 12.1 Å². The van der Waals surface area contributed by atoms with Crippen molar-refractivity contribution in [1.82, 2.24) is 0 Å².